The van der Waals surface area contributed by atoms with E-state index >= 15 is 0 Å². The van der Waals surface area contributed by atoms with Crippen LogP contribution in [0.1, 0.15) is 129 Å². The van der Waals surface area contributed by atoms with Crippen LogP contribution < -0.4 is 5.32 Å². The predicted octanol–water partition coefficient (Wildman–Crippen LogP) is 5.98. The van der Waals surface area contributed by atoms with Gasteiger partial charge >= 0.3 is 0 Å². The average molecular weight is 932 g/mol. The molecule has 0 saturated carbocycles. The Bertz CT molecular complexity index is 1470. The number of hydrogen-bond donors (Lipinski definition) is 9. The van der Waals surface area contributed by atoms with Crippen LogP contribution in [0.25, 0.3) is 0 Å². The van der Waals surface area contributed by atoms with Gasteiger partial charge < -0.3 is 65.1 Å². The SMILES string of the molecule is C/C=C/CC/C=C/CC/C=C/C(O)C(COC1OC(CO)C(OC2OC(CO)C(O)C(O)C2O)C(O)C1O)NC(=O)CCCCCCCCC/C=C\C/C=C\C/C=C\C/C=C\C/C=C\CC. The topological polar surface area (TPSA) is 228 Å². The summed E-state index contributed by atoms with van der Waals surface area (Å²) in [6.07, 6.45) is 33.4. The third-order valence-electron chi connectivity index (χ3n) is 11.3. The average Bonchev–Trinajstić information content (AvgIpc) is 3.31. The molecule has 0 spiro atoms. The van der Waals surface area contributed by atoms with Crippen molar-refractivity contribution in [3.63, 3.8) is 0 Å². The monoisotopic (exact) mass is 932 g/mol. The molecule has 2 rings (SSSR count). The Morgan fingerprint density at radius 2 is 1.08 bits per heavy atom. The van der Waals surface area contributed by atoms with Crippen LogP contribution in [0.5, 0.6) is 0 Å². The molecule has 0 bridgehead atoms. The van der Waals surface area contributed by atoms with Crippen molar-refractivity contribution in [2.45, 2.75) is 203 Å². The largest absolute Gasteiger partial charge is 0.394 e. The van der Waals surface area contributed by atoms with Crippen LogP contribution in [0.3, 0.4) is 0 Å². The Morgan fingerprint density at radius 3 is 1.67 bits per heavy atom. The van der Waals surface area contributed by atoms with Crippen LogP contribution in [0, 0.1) is 0 Å². The molecule has 0 aromatic heterocycles. The van der Waals surface area contributed by atoms with Crippen LogP contribution in [0.4, 0.5) is 0 Å². The van der Waals surface area contributed by atoms with Crippen LogP contribution >= 0.6 is 0 Å². The third kappa shape index (κ3) is 24.8. The Morgan fingerprint density at radius 1 is 0.576 bits per heavy atom. The van der Waals surface area contributed by atoms with E-state index in [1.807, 2.05) is 19.1 Å². The Kier molecular flexibility index (Phi) is 33.8. The second-order valence-electron chi connectivity index (χ2n) is 16.8. The van der Waals surface area contributed by atoms with E-state index < -0.39 is 86.8 Å². The first kappa shape index (κ1) is 59.0. The molecule has 2 aliphatic heterocycles. The maximum atomic E-state index is 13.1. The number of nitrogens with one attached hydrogen (secondary N) is 1. The van der Waals surface area contributed by atoms with E-state index in [-0.39, 0.29) is 18.9 Å². The van der Waals surface area contributed by atoms with Crippen molar-refractivity contribution in [2.75, 3.05) is 19.8 Å². The summed E-state index contributed by atoms with van der Waals surface area (Å²) >= 11 is 0. The highest BCUT2D eigenvalue weighted by Gasteiger charge is 2.51. The van der Waals surface area contributed by atoms with E-state index in [4.69, 9.17) is 18.9 Å². The highest BCUT2D eigenvalue weighted by atomic mass is 16.7. The molecular weight excluding hydrogens is 847 g/mol. The molecule has 2 fully saturated rings. The Hall–Kier alpha value is -3.09. The van der Waals surface area contributed by atoms with Gasteiger partial charge in [-0.05, 0) is 84.0 Å². The fourth-order valence-corrected chi connectivity index (χ4v) is 7.35. The number of hydrogen-bond acceptors (Lipinski definition) is 13. The number of ether oxygens (including phenoxy) is 4. The maximum Gasteiger partial charge on any atom is 0.220 e. The lowest BCUT2D eigenvalue weighted by Gasteiger charge is -2.46. The molecule has 0 aromatic rings. The first-order valence-corrected chi connectivity index (χ1v) is 24.4. The zero-order chi connectivity index (χ0) is 48.2. The molecule has 66 heavy (non-hydrogen) atoms. The first-order valence-electron chi connectivity index (χ1n) is 24.4. The van der Waals surface area contributed by atoms with E-state index in [1.54, 1.807) is 6.08 Å². The van der Waals surface area contributed by atoms with Crippen LogP contribution in [0.2, 0.25) is 0 Å². The highest BCUT2D eigenvalue weighted by molar-refractivity contribution is 5.76. The van der Waals surface area contributed by atoms with Crippen molar-refractivity contribution < 1.29 is 64.6 Å². The van der Waals surface area contributed by atoms with Gasteiger partial charge in [0.25, 0.3) is 0 Å². The lowest BCUT2D eigenvalue weighted by atomic mass is 9.97. The molecule has 2 heterocycles. The zero-order valence-corrected chi connectivity index (χ0v) is 39.6. The van der Waals surface area contributed by atoms with Gasteiger partial charge in [-0.2, -0.15) is 0 Å². The summed E-state index contributed by atoms with van der Waals surface area (Å²) < 4.78 is 22.6. The minimum Gasteiger partial charge on any atom is -0.394 e. The lowest BCUT2D eigenvalue weighted by Crippen LogP contribution is -2.65. The summed E-state index contributed by atoms with van der Waals surface area (Å²) in [5.74, 6) is -0.274. The fourth-order valence-electron chi connectivity index (χ4n) is 7.35. The number of carbonyl (C=O) groups excluding carboxylic acids is 1. The van der Waals surface area contributed by atoms with E-state index in [9.17, 15) is 45.6 Å². The van der Waals surface area contributed by atoms with Gasteiger partial charge in [-0.3, -0.25) is 4.79 Å². The van der Waals surface area contributed by atoms with Gasteiger partial charge in [0.2, 0.25) is 5.91 Å². The third-order valence-corrected chi connectivity index (χ3v) is 11.3. The fraction of sp³-hybridized carbons (Fsp3) is 0.673. The normalized spacial score (nSPS) is 27.7. The van der Waals surface area contributed by atoms with E-state index in [0.29, 0.717) is 12.8 Å². The Labute approximate surface area is 394 Å². The molecule has 2 aliphatic rings. The van der Waals surface area contributed by atoms with E-state index in [1.165, 1.54) is 0 Å². The number of unbranched alkanes of at least 4 members (excludes halogenated alkanes) is 9. The number of amides is 1. The second-order valence-corrected chi connectivity index (χ2v) is 16.8. The van der Waals surface area contributed by atoms with Crippen molar-refractivity contribution in [3.05, 3.63) is 97.2 Å². The van der Waals surface area contributed by atoms with Crippen molar-refractivity contribution in [3.8, 4) is 0 Å². The highest BCUT2D eigenvalue weighted by Crippen LogP contribution is 2.30. The van der Waals surface area contributed by atoms with Crippen molar-refractivity contribution in [2.24, 2.45) is 0 Å². The standard InChI is InChI=1S/C52H85NO13/c1-3-5-7-9-11-13-14-15-16-17-18-19-20-21-22-23-24-25-26-28-30-32-34-36-44(57)53-40(41(56)35-33-31-29-27-12-10-8-6-4-2)39-63-51-49(62)47(60)50(43(38-55)65-51)66-52-48(61)46(59)45(58)42(37-54)64-52/h4-7,11-13,15-16,18-19,21-22,27,33,35,40-43,45-52,54-56,58-62H,3,8-10,14,17,20,23-26,28-32,34,36-39H2,1-2H3,(H,53,57)/b6-4+,7-5-,13-11-,16-15-,19-18-,22-21-,27-12+,35-33+. The molecule has 14 heteroatoms. The first-order chi connectivity index (χ1) is 32.1. The van der Waals surface area contributed by atoms with Crippen LogP contribution in [-0.4, -0.2) is 140 Å². The molecule has 14 nitrogen and oxygen atoms in total. The quantitative estimate of drug-likeness (QED) is 0.0264. The number of aliphatic hydroxyl groups is 8. The van der Waals surface area contributed by atoms with Gasteiger partial charge in [-0.25, -0.2) is 0 Å². The summed E-state index contributed by atoms with van der Waals surface area (Å²) in [6, 6.07) is -0.948. The lowest BCUT2D eigenvalue weighted by molar-refractivity contribution is -0.359. The number of rotatable bonds is 35. The molecule has 12 unspecified atom stereocenters. The summed E-state index contributed by atoms with van der Waals surface area (Å²) in [7, 11) is 0. The molecule has 0 aliphatic carbocycles. The van der Waals surface area contributed by atoms with Gasteiger partial charge in [0.05, 0.1) is 32.0 Å². The second kappa shape index (κ2) is 37.8. The van der Waals surface area contributed by atoms with Crippen molar-refractivity contribution >= 4 is 5.91 Å². The molecule has 0 radical (unpaired) electrons. The van der Waals surface area contributed by atoms with Gasteiger partial charge in [0.15, 0.2) is 12.6 Å². The van der Waals surface area contributed by atoms with Crippen LogP contribution in [0.15, 0.2) is 97.2 Å². The van der Waals surface area contributed by atoms with Crippen molar-refractivity contribution in [1.29, 1.82) is 0 Å². The van der Waals surface area contributed by atoms with E-state index in [2.05, 4.69) is 91.2 Å². The number of allylic oxidation sites excluding steroid dienone is 15. The van der Waals surface area contributed by atoms with Gasteiger partial charge in [-0.1, -0.05) is 136 Å². The zero-order valence-electron chi connectivity index (χ0n) is 39.6. The minimum absolute atomic E-state index is 0.250. The summed E-state index contributed by atoms with van der Waals surface area (Å²) in [5.41, 5.74) is 0. The molecule has 12 atom stereocenters. The minimum atomic E-state index is -1.80. The van der Waals surface area contributed by atoms with Gasteiger partial charge in [-0.15, -0.1) is 0 Å². The predicted molar refractivity (Wildman–Crippen MR) is 258 cm³/mol. The molecule has 376 valence electrons. The van der Waals surface area contributed by atoms with E-state index in [0.717, 1.165) is 96.3 Å². The summed E-state index contributed by atoms with van der Waals surface area (Å²) in [4.78, 5) is 13.1. The smallest absolute Gasteiger partial charge is 0.220 e. The molecule has 9 N–H and O–H groups in total. The van der Waals surface area contributed by atoms with Crippen molar-refractivity contribution in [1.82, 2.24) is 5.32 Å². The van der Waals surface area contributed by atoms with Gasteiger partial charge in [0.1, 0.15) is 48.8 Å². The molecule has 0 aromatic carbocycles. The molecular formula is C52H85NO13. The summed E-state index contributed by atoms with van der Waals surface area (Å²) in [6.45, 7) is 2.36. The molecule has 2 saturated heterocycles. The number of carbonyl (C=O) groups is 1. The maximum absolute atomic E-state index is 13.1. The summed E-state index contributed by atoms with van der Waals surface area (Å²) in [5, 5.41) is 86.4. The molecule has 1 amide bonds. The number of aliphatic hydroxyl groups excluding tert-OH is 8. The Balaban J connectivity index is 1.80. The van der Waals surface area contributed by atoms with Crippen LogP contribution in [-0.2, 0) is 23.7 Å². The van der Waals surface area contributed by atoms with Gasteiger partial charge in [0, 0.05) is 6.42 Å².